The number of pyridine rings is 2. The molecule has 5 aromatic rings. The minimum atomic E-state index is -0.0115. The van der Waals surface area contributed by atoms with Crippen molar-refractivity contribution in [1.29, 1.82) is 5.26 Å². The molecule has 1 fully saturated rings. The molecule has 0 radical (unpaired) electrons. The van der Waals surface area contributed by atoms with Crippen LogP contribution in [0.1, 0.15) is 11.1 Å². The summed E-state index contributed by atoms with van der Waals surface area (Å²) >= 11 is 0. The Morgan fingerprint density at radius 1 is 0.976 bits per heavy atom. The second-order valence-corrected chi connectivity index (χ2v) is 9.91. The van der Waals surface area contributed by atoms with Crippen LogP contribution in [0.5, 0.6) is 0 Å². The van der Waals surface area contributed by atoms with Gasteiger partial charge in [0.05, 0.1) is 22.9 Å². The quantitative estimate of drug-likeness (QED) is 0.317. The second kappa shape index (κ2) is 11.0. The van der Waals surface area contributed by atoms with Crippen LogP contribution in [0.3, 0.4) is 0 Å². The Kier molecular flexibility index (Phi) is 6.98. The van der Waals surface area contributed by atoms with E-state index in [0.717, 1.165) is 47.7 Å². The Bertz CT molecular complexity index is 1780. The van der Waals surface area contributed by atoms with Crippen molar-refractivity contribution in [3.05, 3.63) is 103 Å². The number of aromatic nitrogens is 4. The average Bonchev–Trinajstić information content (AvgIpc) is 3.40. The van der Waals surface area contributed by atoms with Crippen LogP contribution in [0.15, 0.2) is 91.6 Å². The number of hydrogen-bond acceptors (Lipinski definition) is 7. The third kappa shape index (κ3) is 5.16. The molecule has 1 aliphatic rings. The Morgan fingerprint density at radius 3 is 2.41 bits per heavy atom. The van der Waals surface area contributed by atoms with Gasteiger partial charge in [0.1, 0.15) is 11.3 Å². The van der Waals surface area contributed by atoms with Crippen LogP contribution in [0.2, 0.25) is 0 Å². The van der Waals surface area contributed by atoms with E-state index in [4.69, 9.17) is 15.7 Å². The highest BCUT2D eigenvalue weighted by atomic mass is 16.2. The number of hydrogen-bond donors (Lipinski definition) is 1. The molecule has 202 valence electrons. The molecule has 4 heterocycles. The van der Waals surface area contributed by atoms with Crippen molar-refractivity contribution in [2.75, 3.05) is 31.9 Å². The smallest absolute Gasteiger partial charge is 0.246 e. The summed E-state index contributed by atoms with van der Waals surface area (Å²) in [7, 11) is 0. The lowest BCUT2D eigenvalue weighted by Gasteiger charge is -2.34. The minimum absolute atomic E-state index is 0.0115. The SMILES string of the molecule is C=CC(=O)N1CCN(Cc2ccc(-n3c(-c4cccnc4N)nc4ccc(-c5ccc(C#N)cc5)nc43)cc2)CC1. The summed E-state index contributed by atoms with van der Waals surface area (Å²) in [6.45, 7) is 7.43. The Labute approximate surface area is 237 Å². The molecule has 1 amide bonds. The third-order valence-corrected chi connectivity index (χ3v) is 7.35. The van der Waals surface area contributed by atoms with Crippen molar-refractivity contribution in [3.63, 3.8) is 0 Å². The lowest BCUT2D eigenvalue weighted by molar-refractivity contribution is -0.127. The number of nitriles is 1. The van der Waals surface area contributed by atoms with Gasteiger partial charge in [-0.2, -0.15) is 5.26 Å². The van der Waals surface area contributed by atoms with Crippen LogP contribution in [0.25, 0.3) is 39.5 Å². The number of carbonyl (C=O) groups is 1. The van der Waals surface area contributed by atoms with Gasteiger partial charge in [-0.05, 0) is 60.2 Å². The van der Waals surface area contributed by atoms with E-state index in [-0.39, 0.29) is 5.91 Å². The normalized spacial score (nSPS) is 13.7. The molecule has 3 aromatic heterocycles. The summed E-state index contributed by atoms with van der Waals surface area (Å²) in [4.78, 5) is 30.3. The number of nitrogens with zero attached hydrogens (tertiary/aromatic N) is 7. The lowest BCUT2D eigenvalue weighted by Crippen LogP contribution is -2.47. The highest BCUT2D eigenvalue weighted by Gasteiger charge is 2.21. The van der Waals surface area contributed by atoms with E-state index >= 15 is 0 Å². The number of anilines is 1. The molecule has 0 unspecified atom stereocenters. The average molecular weight is 541 g/mol. The van der Waals surface area contributed by atoms with Gasteiger partial charge in [0.2, 0.25) is 5.91 Å². The molecule has 1 aliphatic heterocycles. The maximum atomic E-state index is 11.9. The molecule has 2 aromatic carbocycles. The molecular weight excluding hydrogens is 512 g/mol. The number of nitrogens with two attached hydrogens (primary N) is 1. The van der Waals surface area contributed by atoms with Crippen molar-refractivity contribution in [2.24, 2.45) is 0 Å². The fourth-order valence-corrected chi connectivity index (χ4v) is 5.13. The van der Waals surface area contributed by atoms with Gasteiger partial charge >= 0.3 is 0 Å². The molecule has 6 rings (SSSR count). The van der Waals surface area contributed by atoms with E-state index in [2.05, 4.69) is 46.8 Å². The van der Waals surface area contributed by atoms with Crippen molar-refractivity contribution in [1.82, 2.24) is 29.3 Å². The van der Waals surface area contributed by atoms with Gasteiger partial charge < -0.3 is 10.6 Å². The fourth-order valence-electron chi connectivity index (χ4n) is 5.13. The van der Waals surface area contributed by atoms with Gasteiger partial charge in [-0.1, -0.05) is 30.8 Å². The number of amides is 1. The maximum absolute atomic E-state index is 11.9. The summed E-state index contributed by atoms with van der Waals surface area (Å²) in [6, 6.07) is 25.5. The third-order valence-electron chi connectivity index (χ3n) is 7.35. The predicted molar refractivity (Wildman–Crippen MR) is 159 cm³/mol. The first kappa shape index (κ1) is 25.9. The molecule has 0 aliphatic carbocycles. The summed E-state index contributed by atoms with van der Waals surface area (Å²) in [5, 5.41) is 9.17. The summed E-state index contributed by atoms with van der Waals surface area (Å²) in [5.41, 5.74) is 12.8. The van der Waals surface area contributed by atoms with Crippen LogP contribution in [0.4, 0.5) is 5.82 Å². The van der Waals surface area contributed by atoms with Crippen LogP contribution < -0.4 is 5.73 Å². The minimum Gasteiger partial charge on any atom is -0.383 e. The number of nitrogen functional groups attached to an aromatic ring is 1. The molecular formula is C32H28N8O. The highest BCUT2D eigenvalue weighted by molar-refractivity contribution is 5.87. The monoisotopic (exact) mass is 540 g/mol. The van der Waals surface area contributed by atoms with Crippen molar-refractivity contribution in [3.8, 4) is 34.4 Å². The number of piperazine rings is 1. The van der Waals surface area contributed by atoms with E-state index in [0.29, 0.717) is 35.9 Å². The lowest BCUT2D eigenvalue weighted by atomic mass is 10.1. The Balaban J connectivity index is 1.36. The van der Waals surface area contributed by atoms with Crippen LogP contribution >= 0.6 is 0 Å². The van der Waals surface area contributed by atoms with Crippen LogP contribution in [-0.2, 0) is 11.3 Å². The largest absolute Gasteiger partial charge is 0.383 e. The Morgan fingerprint density at radius 2 is 1.73 bits per heavy atom. The van der Waals surface area contributed by atoms with E-state index < -0.39 is 0 Å². The predicted octanol–water partition coefficient (Wildman–Crippen LogP) is 4.43. The molecule has 9 heteroatoms. The van der Waals surface area contributed by atoms with Gasteiger partial charge in [0.25, 0.3) is 0 Å². The number of benzene rings is 2. The van der Waals surface area contributed by atoms with Gasteiger partial charge in [-0.25, -0.2) is 15.0 Å². The molecule has 0 bridgehead atoms. The zero-order valence-corrected chi connectivity index (χ0v) is 22.4. The topological polar surface area (TPSA) is 117 Å². The molecule has 9 nitrogen and oxygen atoms in total. The van der Waals surface area contributed by atoms with Crippen LogP contribution in [0, 0.1) is 11.3 Å². The first-order valence-corrected chi connectivity index (χ1v) is 13.4. The van der Waals surface area contributed by atoms with Crippen molar-refractivity contribution >= 4 is 22.9 Å². The number of imidazole rings is 1. The zero-order valence-electron chi connectivity index (χ0n) is 22.4. The first-order chi connectivity index (χ1) is 20.0. The molecule has 0 spiro atoms. The molecule has 1 saturated heterocycles. The maximum Gasteiger partial charge on any atom is 0.246 e. The highest BCUT2D eigenvalue weighted by Crippen LogP contribution is 2.32. The number of carbonyl (C=O) groups excluding carboxylic acids is 1. The molecule has 2 N–H and O–H groups in total. The van der Waals surface area contributed by atoms with E-state index in [1.165, 1.54) is 11.6 Å². The van der Waals surface area contributed by atoms with E-state index in [1.54, 1.807) is 18.3 Å². The van der Waals surface area contributed by atoms with E-state index in [9.17, 15) is 10.1 Å². The summed E-state index contributed by atoms with van der Waals surface area (Å²) in [5.74, 6) is 1.04. The van der Waals surface area contributed by atoms with Crippen molar-refractivity contribution in [2.45, 2.75) is 6.54 Å². The van der Waals surface area contributed by atoms with Gasteiger partial charge in [-0.3, -0.25) is 14.3 Å². The standard InChI is InChI=1S/C32H28N8O/c1-2-29(41)39-18-16-38(17-19-39)21-23-7-11-25(12-8-23)40-31(26-4-3-15-35-30(26)34)37-28-14-13-27(36-32(28)40)24-9-5-22(20-33)6-10-24/h2-15H,1,16-19,21H2,(H2,34,35). The Hall–Kier alpha value is -5.33. The van der Waals surface area contributed by atoms with Gasteiger partial charge in [0, 0.05) is 50.2 Å². The van der Waals surface area contributed by atoms with Gasteiger partial charge in [-0.15, -0.1) is 0 Å². The van der Waals surface area contributed by atoms with Gasteiger partial charge in [0.15, 0.2) is 11.5 Å². The van der Waals surface area contributed by atoms with Crippen molar-refractivity contribution < 1.29 is 4.79 Å². The molecule has 0 saturated carbocycles. The number of fused-ring (bicyclic) bond motifs is 1. The second-order valence-electron chi connectivity index (χ2n) is 9.91. The first-order valence-electron chi connectivity index (χ1n) is 13.4. The fraction of sp³-hybridized carbons (Fsp3) is 0.156. The van der Waals surface area contributed by atoms with E-state index in [1.807, 2.05) is 45.9 Å². The zero-order chi connectivity index (χ0) is 28.3. The summed E-state index contributed by atoms with van der Waals surface area (Å²) < 4.78 is 2.01. The molecule has 0 atom stereocenters. The molecule has 41 heavy (non-hydrogen) atoms. The van der Waals surface area contributed by atoms with Crippen LogP contribution in [-0.4, -0.2) is 61.4 Å². The number of rotatable bonds is 6. The summed E-state index contributed by atoms with van der Waals surface area (Å²) in [6.07, 6.45) is 3.04.